The van der Waals surface area contributed by atoms with Crippen LogP contribution in [0.2, 0.25) is 0 Å². The molecule has 29 heavy (non-hydrogen) atoms. The predicted octanol–water partition coefficient (Wildman–Crippen LogP) is 3.80. The number of ether oxygens (including phenoxy) is 2. The number of nitrogens with one attached hydrogen (secondary N) is 1. The number of halogens is 1. The molecule has 7 heteroatoms. The van der Waals surface area contributed by atoms with E-state index in [1.165, 1.54) is 0 Å². The minimum atomic E-state index is -0.341. The van der Waals surface area contributed by atoms with Crippen LogP contribution in [0, 0.1) is 12.8 Å². The van der Waals surface area contributed by atoms with Crippen molar-refractivity contribution in [2.24, 2.45) is 5.92 Å². The average molecular weight is 461 g/mol. The maximum Gasteiger partial charge on any atom is 0.229 e. The fourth-order valence-corrected chi connectivity index (χ4v) is 3.79. The molecule has 1 aliphatic heterocycles. The number of amides is 2. The van der Waals surface area contributed by atoms with Crippen molar-refractivity contribution in [3.8, 4) is 11.5 Å². The van der Waals surface area contributed by atoms with Crippen LogP contribution in [-0.2, 0) is 16.0 Å². The van der Waals surface area contributed by atoms with Crippen LogP contribution >= 0.6 is 15.9 Å². The summed E-state index contributed by atoms with van der Waals surface area (Å²) in [5.74, 6) is 0.892. The first kappa shape index (κ1) is 21.2. The molecule has 1 heterocycles. The maximum atomic E-state index is 12.7. The van der Waals surface area contributed by atoms with Gasteiger partial charge in [-0.1, -0.05) is 28.1 Å². The van der Waals surface area contributed by atoms with Crippen molar-refractivity contribution in [3.05, 3.63) is 52.0 Å². The molecule has 2 aromatic rings. The standard InChI is InChI=1S/C22H25BrN2O4/c1-14-4-6-17(23)12-18(14)24-22(27)16-11-21(26)25(13-16)9-8-15-5-7-19(28-2)20(10-15)29-3/h4-7,10,12,16H,8-9,11,13H2,1-3H3,(H,24,27). The topological polar surface area (TPSA) is 67.9 Å². The SMILES string of the molecule is COc1ccc(CCN2CC(C(=O)Nc3cc(Br)ccc3C)CC2=O)cc1OC. The number of aryl methyl sites for hydroxylation is 1. The lowest BCUT2D eigenvalue weighted by molar-refractivity contribution is -0.128. The molecule has 0 saturated carbocycles. The van der Waals surface area contributed by atoms with Crippen LogP contribution in [0.3, 0.4) is 0 Å². The smallest absolute Gasteiger partial charge is 0.229 e. The summed E-state index contributed by atoms with van der Waals surface area (Å²) in [4.78, 5) is 26.8. The van der Waals surface area contributed by atoms with Crippen LogP contribution in [0.5, 0.6) is 11.5 Å². The van der Waals surface area contributed by atoms with Gasteiger partial charge in [-0.05, 0) is 48.7 Å². The van der Waals surface area contributed by atoms with Gasteiger partial charge in [0.05, 0.1) is 20.1 Å². The molecular formula is C22H25BrN2O4. The molecule has 0 radical (unpaired) electrons. The van der Waals surface area contributed by atoms with Gasteiger partial charge >= 0.3 is 0 Å². The Labute approximate surface area is 179 Å². The quantitative estimate of drug-likeness (QED) is 0.681. The van der Waals surface area contributed by atoms with Gasteiger partial charge in [0.25, 0.3) is 0 Å². The number of anilines is 1. The van der Waals surface area contributed by atoms with Crippen molar-refractivity contribution in [1.82, 2.24) is 4.90 Å². The Kier molecular flexibility index (Phi) is 6.79. The monoisotopic (exact) mass is 460 g/mol. The van der Waals surface area contributed by atoms with E-state index in [0.29, 0.717) is 31.0 Å². The zero-order valence-corrected chi connectivity index (χ0v) is 18.4. The molecule has 0 aliphatic carbocycles. The second kappa shape index (κ2) is 9.31. The number of carbonyl (C=O) groups excluding carboxylic acids is 2. The number of methoxy groups -OCH3 is 2. The molecule has 154 valence electrons. The lowest BCUT2D eigenvalue weighted by Crippen LogP contribution is -2.30. The van der Waals surface area contributed by atoms with Crippen molar-refractivity contribution < 1.29 is 19.1 Å². The number of nitrogens with zero attached hydrogens (tertiary/aromatic N) is 1. The Hall–Kier alpha value is -2.54. The summed E-state index contributed by atoms with van der Waals surface area (Å²) in [5.41, 5.74) is 2.80. The number of hydrogen-bond acceptors (Lipinski definition) is 4. The van der Waals surface area contributed by atoms with Gasteiger partial charge in [0.1, 0.15) is 0 Å². The lowest BCUT2D eigenvalue weighted by atomic mass is 10.1. The van der Waals surface area contributed by atoms with Crippen molar-refractivity contribution in [1.29, 1.82) is 0 Å². The zero-order chi connectivity index (χ0) is 21.0. The third-order valence-corrected chi connectivity index (χ3v) is 5.65. The van der Waals surface area contributed by atoms with E-state index in [4.69, 9.17) is 9.47 Å². The second-order valence-electron chi connectivity index (χ2n) is 7.13. The molecule has 3 rings (SSSR count). The molecule has 1 saturated heterocycles. The molecule has 1 unspecified atom stereocenters. The van der Waals surface area contributed by atoms with E-state index in [0.717, 1.165) is 21.3 Å². The average Bonchev–Trinajstić information content (AvgIpc) is 3.09. The lowest BCUT2D eigenvalue weighted by Gasteiger charge is -2.17. The number of benzene rings is 2. The van der Waals surface area contributed by atoms with Crippen molar-refractivity contribution in [3.63, 3.8) is 0 Å². The number of hydrogen-bond donors (Lipinski definition) is 1. The Balaban J connectivity index is 1.58. The molecule has 0 aromatic heterocycles. The summed E-state index contributed by atoms with van der Waals surface area (Å²) in [6.07, 6.45) is 0.927. The van der Waals surface area contributed by atoms with Gasteiger partial charge in [0.2, 0.25) is 11.8 Å². The Bertz CT molecular complexity index is 916. The highest BCUT2D eigenvalue weighted by molar-refractivity contribution is 9.10. The van der Waals surface area contributed by atoms with Crippen LogP contribution in [0.4, 0.5) is 5.69 Å². The second-order valence-corrected chi connectivity index (χ2v) is 8.04. The molecule has 1 aliphatic rings. The summed E-state index contributed by atoms with van der Waals surface area (Å²) >= 11 is 3.42. The summed E-state index contributed by atoms with van der Waals surface area (Å²) in [7, 11) is 3.20. The normalized spacial score (nSPS) is 16.1. The van der Waals surface area contributed by atoms with Crippen LogP contribution in [-0.4, -0.2) is 44.0 Å². The minimum absolute atomic E-state index is 0.0107. The molecule has 6 nitrogen and oxygen atoms in total. The van der Waals surface area contributed by atoms with Crippen molar-refractivity contribution in [2.45, 2.75) is 19.8 Å². The van der Waals surface area contributed by atoms with Crippen LogP contribution in [0.25, 0.3) is 0 Å². The molecule has 0 spiro atoms. The fourth-order valence-electron chi connectivity index (χ4n) is 3.43. The first-order valence-electron chi connectivity index (χ1n) is 9.47. The Morgan fingerprint density at radius 1 is 1.17 bits per heavy atom. The molecule has 0 bridgehead atoms. The molecule has 2 aromatic carbocycles. The molecule has 1 atom stereocenters. The molecule has 1 fully saturated rings. The van der Waals surface area contributed by atoms with Gasteiger partial charge in [-0.15, -0.1) is 0 Å². The third kappa shape index (κ3) is 5.09. The minimum Gasteiger partial charge on any atom is -0.493 e. The highest BCUT2D eigenvalue weighted by Gasteiger charge is 2.34. The van der Waals surface area contributed by atoms with E-state index in [9.17, 15) is 9.59 Å². The van der Waals surface area contributed by atoms with Crippen molar-refractivity contribution in [2.75, 3.05) is 32.6 Å². The summed E-state index contributed by atoms with van der Waals surface area (Å²) in [6.45, 7) is 2.94. The Morgan fingerprint density at radius 2 is 1.93 bits per heavy atom. The van der Waals surface area contributed by atoms with E-state index < -0.39 is 0 Å². The van der Waals surface area contributed by atoms with Gasteiger partial charge in [-0.2, -0.15) is 0 Å². The molecule has 2 amide bonds. The highest BCUT2D eigenvalue weighted by atomic mass is 79.9. The van der Waals surface area contributed by atoms with Crippen LogP contribution in [0.15, 0.2) is 40.9 Å². The van der Waals surface area contributed by atoms with Gasteiger partial charge in [-0.25, -0.2) is 0 Å². The van der Waals surface area contributed by atoms with E-state index >= 15 is 0 Å². The van der Waals surface area contributed by atoms with E-state index in [1.807, 2.05) is 43.3 Å². The summed E-state index contributed by atoms with van der Waals surface area (Å²) in [5, 5.41) is 2.96. The predicted molar refractivity (Wildman–Crippen MR) is 115 cm³/mol. The van der Waals surface area contributed by atoms with Gasteiger partial charge in [-0.3, -0.25) is 9.59 Å². The fraction of sp³-hybridized carbons (Fsp3) is 0.364. The number of carbonyl (C=O) groups is 2. The van der Waals surface area contributed by atoms with E-state index in [1.54, 1.807) is 19.1 Å². The van der Waals surface area contributed by atoms with Crippen LogP contribution in [0.1, 0.15) is 17.5 Å². The van der Waals surface area contributed by atoms with Crippen molar-refractivity contribution >= 4 is 33.4 Å². The zero-order valence-electron chi connectivity index (χ0n) is 16.8. The first-order valence-corrected chi connectivity index (χ1v) is 10.3. The van der Waals surface area contributed by atoms with Crippen LogP contribution < -0.4 is 14.8 Å². The molecule has 1 N–H and O–H groups in total. The molecular weight excluding hydrogens is 436 g/mol. The highest BCUT2D eigenvalue weighted by Crippen LogP contribution is 2.28. The number of rotatable bonds is 7. The van der Waals surface area contributed by atoms with Gasteiger partial charge < -0.3 is 19.7 Å². The van der Waals surface area contributed by atoms with Gasteiger partial charge in [0, 0.05) is 29.7 Å². The van der Waals surface area contributed by atoms with E-state index in [-0.39, 0.29) is 24.2 Å². The summed E-state index contributed by atoms with van der Waals surface area (Å²) in [6, 6.07) is 11.5. The van der Waals surface area contributed by atoms with E-state index in [2.05, 4.69) is 21.2 Å². The maximum absolute atomic E-state index is 12.7. The third-order valence-electron chi connectivity index (χ3n) is 5.16. The van der Waals surface area contributed by atoms with Gasteiger partial charge in [0.15, 0.2) is 11.5 Å². The Morgan fingerprint density at radius 3 is 2.66 bits per heavy atom. The first-order chi connectivity index (χ1) is 13.9. The largest absolute Gasteiger partial charge is 0.493 e. The summed E-state index contributed by atoms with van der Waals surface area (Å²) < 4.78 is 11.5. The number of likely N-dealkylation sites (tertiary alicyclic amines) is 1.